The van der Waals surface area contributed by atoms with E-state index < -0.39 is 12.0 Å². The number of nitrogens with zero attached hydrogens (tertiary/aromatic N) is 3. The van der Waals surface area contributed by atoms with E-state index in [1.165, 1.54) is 0 Å². The van der Waals surface area contributed by atoms with Crippen molar-refractivity contribution in [3.63, 3.8) is 0 Å². The summed E-state index contributed by atoms with van der Waals surface area (Å²) in [5, 5.41) is 11.8. The largest absolute Gasteiger partial charge is 0.378 e. The number of aliphatic hydroxyl groups is 1. The first-order valence-corrected chi connectivity index (χ1v) is 10.2. The number of halogens is 1. The molecule has 1 fully saturated rings. The van der Waals surface area contributed by atoms with Crippen LogP contribution < -0.4 is 5.69 Å². The minimum atomic E-state index is -1.34. The fraction of sp³-hybridized carbons (Fsp3) is 0.286. The third-order valence-corrected chi connectivity index (χ3v) is 6.11. The Balaban J connectivity index is 1.48. The zero-order valence-corrected chi connectivity index (χ0v) is 16.8. The molecule has 1 aliphatic rings. The molecule has 1 saturated heterocycles. The van der Waals surface area contributed by atoms with Gasteiger partial charge >= 0.3 is 5.69 Å². The van der Waals surface area contributed by atoms with Crippen LogP contribution in [0.2, 0.25) is 5.02 Å². The minimum absolute atomic E-state index is 0.206. The fourth-order valence-electron chi connectivity index (χ4n) is 4.34. The molecule has 0 aliphatic carbocycles. The highest BCUT2D eigenvalue weighted by molar-refractivity contribution is 6.31. The standard InChI is InChI=1S/C21H20ClN5O3/c22-15-6-2-1-5-13(15)18(28)20(29)26-9-3-4-12(11-26)27-17-14-7-8-23-19(14)24-10-16(17)25-21(27)30/h1-2,5-8,10,12,18,28H,3-4,9,11H2,(H,23,24)(H,25,30)/t12-,18?/m1/s1. The number of carbonyl (C=O) groups is 1. The van der Waals surface area contributed by atoms with Gasteiger partial charge in [0.2, 0.25) is 0 Å². The van der Waals surface area contributed by atoms with Gasteiger partial charge in [0, 0.05) is 35.3 Å². The van der Waals surface area contributed by atoms with Gasteiger partial charge in [0.15, 0.2) is 6.10 Å². The smallest absolute Gasteiger partial charge is 0.326 e. The number of aromatic amines is 2. The van der Waals surface area contributed by atoms with E-state index in [2.05, 4.69) is 15.0 Å². The summed E-state index contributed by atoms with van der Waals surface area (Å²) in [5.41, 5.74) is 2.29. The van der Waals surface area contributed by atoms with Gasteiger partial charge in [-0.2, -0.15) is 0 Å². The van der Waals surface area contributed by atoms with E-state index in [-0.39, 0.29) is 11.7 Å². The molecule has 3 aromatic heterocycles. The van der Waals surface area contributed by atoms with E-state index in [4.69, 9.17) is 11.6 Å². The molecule has 0 saturated carbocycles. The number of imidazole rings is 1. The van der Waals surface area contributed by atoms with Crippen molar-refractivity contribution >= 4 is 39.6 Å². The van der Waals surface area contributed by atoms with Crippen LogP contribution in [0.25, 0.3) is 22.1 Å². The summed E-state index contributed by atoms with van der Waals surface area (Å²) < 4.78 is 1.72. The Morgan fingerprint density at radius 1 is 1.30 bits per heavy atom. The van der Waals surface area contributed by atoms with E-state index in [0.717, 1.165) is 23.7 Å². The van der Waals surface area contributed by atoms with Gasteiger partial charge in [-0.05, 0) is 25.0 Å². The van der Waals surface area contributed by atoms with Crippen LogP contribution in [0.15, 0.2) is 47.5 Å². The highest BCUT2D eigenvalue weighted by Gasteiger charge is 2.31. The zero-order valence-electron chi connectivity index (χ0n) is 16.0. The van der Waals surface area contributed by atoms with E-state index in [1.54, 1.807) is 46.1 Å². The topological polar surface area (TPSA) is 107 Å². The second-order valence-corrected chi connectivity index (χ2v) is 7.97. The van der Waals surface area contributed by atoms with Crippen LogP contribution in [0.3, 0.4) is 0 Å². The molecule has 1 aliphatic heterocycles. The van der Waals surface area contributed by atoms with E-state index >= 15 is 0 Å². The Bertz CT molecular complexity index is 1310. The molecular weight excluding hydrogens is 406 g/mol. The highest BCUT2D eigenvalue weighted by Crippen LogP contribution is 2.30. The molecular formula is C21H20ClN5O3. The maximum atomic E-state index is 13.0. The lowest BCUT2D eigenvalue weighted by molar-refractivity contribution is -0.142. The highest BCUT2D eigenvalue weighted by atomic mass is 35.5. The molecule has 1 unspecified atom stereocenters. The molecule has 0 spiro atoms. The maximum Gasteiger partial charge on any atom is 0.326 e. The number of hydrogen-bond donors (Lipinski definition) is 3. The quantitative estimate of drug-likeness (QED) is 0.469. The molecule has 0 bridgehead atoms. The molecule has 2 atom stereocenters. The number of pyridine rings is 1. The summed E-state index contributed by atoms with van der Waals surface area (Å²) in [6.45, 7) is 0.858. The monoisotopic (exact) mass is 425 g/mol. The average molecular weight is 426 g/mol. The van der Waals surface area contributed by atoms with Crippen molar-refractivity contribution in [3.8, 4) is 0 Å². The molecule has 0 radical (unpaired) electrons. The van der Waals surface area contributed by atoms with Crippen molar-refractivity contribution < 1.29 is 9.90 Å². The number of benzene rings is 1. The van der Waals surface area contributed by atoms with E-state index in [0.29, 0.717) is 34.8 Å². The molecule has 4 heterocycles. The lowest BCUT2D eigenvalue weighted by Crippen LogP contribution is -2.44. The zero-order chi connectivity index (χ0) is 20.8. The number of likely N-dealkylation sites (tertiary alicyclic amines) is 1. The Morgan fingerprint density at radius 3 is 2.97 bits per heavy atom. The van der Waals surface area contributed by atoms with Crippen LogP contribution in [0.5, 0.6) is 0 Å². The third-order valence-electron chi connectivity index (χ3n) is 5.77. The Labute approximate surface area is 176 Å². The van der Waals surface area contributed by atoms with E-state index in [1.807, 2.05) is 6.07 Å². The Kier molecular flexibility index (Phi) is 4.60. The van der Waals surface area contributed by atoms with Crippen LogP contribution in [0.1, 0.15) is 30.6 Å². The number of carbonyl (C=O) groups excluding carboxylic acids is 1. The molecule has 4 aromatic rings. The molecule has 3 N–H and O–H groups in total. The summed E-state index contributed by atoms with van der Waals surface area (Å²) in [6, 6.07) is 8.46. The number of fused-ring (bicyclic) bond motifs is 3. The summed E-state index contributed by atoms with van der Waals surface area (Å²) in [5.74, 6) is -0.408. The first kappa shape index (κ1) is 18.9. The van der Waals surface area contributed by atoms with Crippen molar-refractivity contribution in [1.82, 2.24) is 24.4 Å². The van der Waals surface area contributed by atoms with Gasteiger partial charge < -0.3 is 20.0 Å². The number of amides is 1. The lowest BCUT2D eigenvalue weighted by atomic mass is 10.0. The predicted octanol–water partition coefficient (Wildman–Crippen LogP) is 2.76. The molecule has 9 heteroatoms. The van der Waals surface area contributed by atoms with E-state index in [9.17, 15) is 14.7 Å². The van der Waals surface area contributed by atoms with Gasteiger partial charge in [-0.15, -0.1) is 0 Å². The van der Waals surface area contributed by atoms with Crippen LogP contribution in [0.4, 0.5) is 0 Å². The van der Waals surface area contributed by atoms with Crippen molar-refractivity contribution in [2.45, 2.75) is 25.0 Å². The normalized spacial score (nSPS) is 18.2. The molecule has 1 aromatic carbocycles. The van der Waals surface area contributed by atoms with Crippen LogP contribution in [-0.2, 0) is 4.79 Å². The lowest BCUT2D eigenvalue weighted by Gasteiger charge is -2.34. The number of hydrogen-bond acceptors (Lipinski definition) is 4. The average Bonchev–Trinajstić information content (AvgIpc) is 3.36. The van der Waals surface area contributed by atoms with Gasteiger partial charge in [-0.25, -0.2) is 9.78 Å². The van der Waals surface area contributed by atoms with Crippen molar-refractivity contribution in [2.24, 2.45) is 0 Å². The second-order valence-electron chi connectivity index (χ2n) is 7.56. The maximum absolute atomic E-state index is 13.0. The molecule has 5 rings (SSSR count). The van der Waals surface area contributed by atoms with Gasteiger partial charge in [0.25, 0.3) is 5.91 Å². The van der Waals surface area contributed by atoms with Crippen molar-refractivity contribution in [2.75, 3.05) is 13.1 Å². The third kappa shape index (κ3) is 3.00. The summed E-state index contributed by atoms with van der Waals surface area (Å²) >= 11 is 6.15. The molecule has 154 valence electrons. The van der Waals surface area contributed by atoms with Gasteiger partial charge in [0.1, 0.15) is 5.65 Å². The Morgan fingerprint density at radius 2 is 2.13 bits per heavy atom. The first-order chi connectivity index (χ1) is 14.5. The molecule has 8 nitrogen and oxygen atoms in total. The second kappa shape index (κ2) is 7.30. The summed E-state index contributed by atoms with van der Waals surface area (Å²) in [4.78, 5) is 37.6. The van der Waals surface area contributed by atoms with Crippen molar-refractivity contribution in [1.29, 1.82) is 0 Å². The number of H-pyrrole nitrogens is 2. The van der Waals surface area contributed by atoms with Crippen LogP contribution in [0, 0.1) is 0 Å². The van der Waals surface area contributed by atoms with Gasteiger partial charge in [-0.1, -0.05) is 29.8 Å². The number of aromatic nitrogens is 4. The molecule has 1 amide bonds. The minimum Gasteiger partial charge on any atom is -0.378 e. The van der Waals surface area contributed by atoms with Gasteiger partial charge in [-0.3, -0.25) is 9.36 Å². The van der Waals surface area contributed by atoms with Gasteiger partial charge in [0.05, 0.1) is 23.3 Å². The van der Waals surface area contributed by atoms with Crippen molar-refractivity contribution in [3.05, 3.63) is 63.8 Å². The SMILES string of the molecule is O=C(C(O)c1ccccc1Cl)N1CCC[C@@H](n2c(=O)[nH]c3cnc4[nH]ccc4c32)C1. The van der Waals surface area contributed by atoms with Crippen LogP contribution in [-0.4, -0.2) is 48.5 Å². The number of nitrogens with one attached hydrogen (secondary N) is 2. The number of aliphatic hydroxyl groups excluding tert-OH is 1. The number of rotatable bonds is 3. The number of piperidine rings is 1. The summed E-state index contributed by atoms with van der Waals surface area (Å²) in [6.07, 6.45) is 3.58. The fourth-order valence-corrected chi connectivity index (χ4v) is 4.58. The molecule has 30 heavy (non-hydrogen) atoms. The predicted molar refractivity (Wildman–Crippen MR) is 113 cm³/mol. The van der Waals surface area contributed by atoms with Crippen LogP contribution >= 0.6 is 11.6 Å². The Hall–Kier alpha value is -3.10. The first-order valence-electron chi connectivity index (χ1n) is 9.82. The summed E-state index contributed by atoms with van der Waals surface area (Å²) in [7, 11) is 0.